The Morgan fingerprint density at radius 2 is 2.31 bits per heavy atom. The van der Waals surface area contributed by atoms with E-state index in [0.717, 1.165) is 0 Å². The lowest BCUT2D eigenvalue weighted by atomic mass is 10.2. The van der Waals surface area contributed by atoms with E-state index < -0.39 is 18.2 Å². The summed E-state index contributed by atoms with van der Waals surface area (Å²) in [5.41, 5.74) is 0. The average molecular weight is 231 g/mol. The van der Waals surface area contributed by atoms with Gasteiger partial charge in [-0.1, -0.05) is 0 Å². The molecule has 16 heavy (non-hydrogen) atoms. The molecule has 1 saturated heterocycles. The van der Waals surface area contributed by atoms with Crippen molar-refractivity contribution in [2.45, 2.75) is 26.1 Å². The molecule has 0 spiro atoms. The minimum atomic E-state index is -1.04. The minimum Gasteiger partial charge on any atom is -0.479 e. The first kappa shape index (κ1) is 12.9. The number of ether oxygens (including phenoxy) is 2. The molecular formula is C10H17NO5. The van der Waals surface area contributed by atoms with Crippen molar-refractivity contribution in [3.63, 3.8) is 0 Å². The average Bonchev–Trinajstić information content (AvgIpc) is 2.28. The standard InChI is InChI=1S/C10H17NO5/c1-3-15-7(2)9(12)11-4-5-16-8(6-11)10(13)14/h7-8H,3-6H2,1-2H3,(H,13,14). The molecule has 2 atom stereocenters. The van der Waals surface area contributed by atoms with E-state index in [4.69, 9.17) is 14.6 Å². The number of amides is 1. The van der Waals surface area contributed by atoms with Crippen molar-refractivity contribution in [1.82, 2.24) is 4.90 Å². The van der Waals surface area contributed by atoms with E-state index in [-0.39, 0.29) is 19.1 Å². The topological polar surface area (TPSA) is 76.1 Å². The van der Waals surface area contributed by atoms with Gasteiger partial charge in [-0.25, -0.2) is 4.79 Å². The Hall–Kier alpha value is -1.14. The third kappa shape index (κ3) is 3.18. The second-order valence-electron chi connectivity index (χ2n) is 3.58. The van der Waals surface area contributed by atoms with Crippen LogP contribution in [0.15, 0.2) is 0 Å². The monoisotopic (exact) mass is 231 g/mol. The first-order valence-electron chi connectivity index (χ1n) is 5.31. The van der Waals surface area contributed by atoms with E-state index in [1.54, 1.807) is 6.92 Å². The van der Waals surface area contributed by atoms with Crippen LogP contribution in [0, 0.1) is 0 Å². The van der Waals surface area contributed by atoms with Crippen LogP contribution in [-0.2, 0) is 19.1 Å². The Labute approximate surface area is 94.1 Å². The van der Waals surface area contributed by atoms with E-state index in [2.05, 4.69) is 0 Å². The highest BCUT2D eigenvalue weighted by Crippen LogP contribution is 2.08. The largest absolute Gasteiger partial charge is 0.479 e. The first-order valence-corrected chi connectivity index (χ1v) is 5.31. The summed E-state index contributed by atoms with van der Waals surface area (Å²) in [6, 6.07) is 0. The fraction of sp³-hybridized carbons (Fsp3) is 0.800. The number of aliphatic carboxylic acids is 1. The van der Waals surface area contributed by atoms with E-state index in [1.807, 2.05) is 6.92 Å². The van der Waals surface area contributed by atoms with Crippen LogP contribution in [-0.4, -0.2) is 60.4 Å². The summed E-state index contributed by atoms with van der Waals surface area (Å²) >= 11 is 0. The van der Waals surface area contributed by atoms with Gasteiger partial charge < -0.3 is 19.5 Å². The van der Waals surface area contributed by atoms with Crippen LogP contribution in [0.1, 0.15) is 13.8 Å². The molecule has 0 aromatic heterocycles. The zero-order valence-corrected chi connectivity index (χ0v) is 9.51. The van der Waals surface area contributed by atoms with Crippen molar-refractivity contribution in [3.05, 3.63) is 0 Å². The highest BCUT2D eigenvalue weighted by molar-refractivity contribution is 5.82. The second-order valence-corrected chi connectivity index (χ2v) is 3.58. The van der Waals surface area contributed by atoms with Crippen LogP contribution in [0.2, 0.25) is 0 Å². The lowest BCUT2D eigenvalue weighted by Crippen LogP contribution is -2.51. The molecule has 0 saturated carbocycles. The molecule has 1 aliphatic heterocycles. The molecule has 6 heteroatoms. The molecular weight excluding hydrogens is 214 g/mol. The smallest absolute Gasteiger partial charge is 0.334 e. The van der Waals surface area contributed by atoms with Crippen molar-refractivity contribution < 1.29 is 24.2 Å². The van der Waals surface area contributed by atoms with Gasteiger partial charge in [0.05, 0.1) is 13.2 Å². The maximum Gasteiger partial charge on any atom is 0.334 e. The van der Waals surface area contributed by atoms with Crippen molar-refractivity contribution in [1.29, 1.82) is 0 Å². The molecule has 0 bridgehead atoms. The molecule has 0 aromatic carbocycles. The summed E-state index contributed by atoms with van der Waals surface area (Å²) in [6.45, 7) is 4.69. The van der Waals surface area contributed by atoms with Gasteiger partial charge in [0.15, 0.2) is 6.10 Å². The third-order valence-electron chi connectivity index (χ3n) is 2.42. The number of nitrogens with zero attached hydrogens (tertiary/aromatic N) is 1. The fourth-order valence-electron chi connectivity index (χ4n) is 1.58. The Morgan fingerprint density at radius 1 is 1.62 bits per heavy atom. The summed E-state index contributed by atoms with van der Waals surface area (Å²) in [6.07, 6.45) is -1.45. The quantitative estimate of drug-likeness (QED) is 0.720. The van der Waals surface area contributed by atoms with Gasteiger partial charge in [0, 0.05) is 13.2 Å². The molecule has 0 aromatic rings. The predicted molar refractivity (Wildman–Crippen MR) is 55.0 cm³/mol. The van der Waals surface area contributed by atoms with E-state index in [1.165, 1.54) is 4.90 Å². The summed E-state index contributed by atoms with van der Waals surface area (Å²) in [5, 5.41) is 8.79. The molecule has 1 N–H and O–H groups in total. The maximum atomic E-state index is 11.8. The molecule has 1 fully saturated rings. The second kappa shape index (κ2) is 5.81. The third-order valence-corrected chi connectivity index (χ3v) is 2.42. The SMILES string of the molecule is CCOC(C)C(=O)N1CCOC(C(=O)O)C1. The Kier molecular flexibility index (Phi) is 4.70. The van der Waals surface area contributed by atoms with Gasteiger partial charge in [0.2, 0.25) is 0 Å². The van der Waals surface area contributed by atoms with Crippen molar-refractivity contribution in [2.75, 3.05) is 26.3 Å². The van der Waals surface area contributed by atoms with E-state index in [9.17, 15) is 9.59 Å². The van der Waals surface area contributed by atoms with Gasteiger partial charge >= 0.3 is 5.97 Å². The number of hydrogen-bond acceptors (Lipinski definition) is 4. The molecule has 1 rings (SSSR count). The minimum absolute atomic E-state index is 0.0889. The van der Waals surface area contributed by atoms with Crippen LogP contribution in [0.3, 0.4) is 0 Å². The van der Waals surface area contributed by atoms with Gasteiger partial charge in [-0.3, -0.25) is 4.79 Å². The number of rotatable bonds is 4. The van der Waals surface area contributed by atoms with Crippen LogP contribution in [0.5, 0.6) is 0 Å². The zero-order chi connectivity index (χ0) is 12.1. The van der Waals surface area contributed by atoms with Gasteiger partial charge in [-0.05, 0) is 13.8 Å². The molecule has 2 unspecified atom stereocenters. The lowest BCUT2D eigenvalue weighted by Gasteiger charge is -2.32. The number of carboxylic acids is 1. The molecule has 1 heterocycles. The maximum absolute atomic E-state index is 11.8. The van der Waals surface area contributed by atoms with Crippen molar-refractivity contribution >= 4 is 11.9 Å². The Bertz CT molecular complexity index is 268. The van der Waals surface area contributed by atoms with Gasteiger partial charge in [0.1, 0.15) is 6.10 Å². The zero-order valence-electron chi connectivity index (χ0n) is 9.51. The highest BCUT2D eigenvalue weighted by Gasteiger charge is 2.30. The van der Waals surface area contributed by atoms with Crippen LogP contribution >= 0.6 is 0 Å². The number of hydrogen-bond donors (Lipinski definition) is 1. The summed E-state index contributed by atoms with van der Waals surface area (Å²) in [4.78, 5) is 24.0. The van der Waals surface area contributed by atoms with Crippen LogP contribution in [0.25, 0.3) is 0 Å². The van der Waals surface area contributed by atoms with Gasteiger partial charge in [-0.15, -0.1) is 0 Å². The van der Waals surface area contributed by atoms with Crippen molar-refractivity contribution in [2.24, 2.45) is 0 Å². The molecule has 1 amide bonds. The summed E-state index contributed by atoms with van der Waals surface area (Å²) in [5.74, 6) is -1.22. The fourth-order valence-corrected chi connectivity index (χ4v) is 1.58. The van der Waals surface area contributed by atoms with E-state index >= 15 is 0 Å². The molecule has 0 radical (unpaired) electrons. The van der Waals surface area contributed by atoms with Gasteiger partial charge in [-0.2, -0.15) is 0 Å². The highest BCUT2D eigenvalue weighted by atomic mass is 16.5. The number of carboxylic acid groups (broad SMARTS) is 1. The van der Waals surface area contributed by atoms with Crippen molar-refractivity contribution in [3.8, 4) is 0 Å². The lowest BCUT2D eigenvalue weighted by molar-refractivity contribution is -0.162. The Morgan fingerprint density at radius 3 is 2.88 bits per heavy atom. The summed E-state index contributed by atoms with van der Waals surface area (Å²) < 4.78 is 10.2. The molecule has 6 nitrogen and oxygen atoms in total. The molecule has 1 aliphatic rings. The van der Waals surface area contributed by atoms with E-state index in [0.29, 0.717) is 13.2 Å². The molecule has 0 aliphatic carbocycles. The predicted octanol–water partition coefficient (Wildman–Crippen LogP) is -0.277. The Balaban J connectivity index is 2.53. The van der Waals surface area contributed by atoms with Gasteiger partial charge in [0.25, 0.3) is 5.91 Å². The molecule has 92 valence electrons. The first-order chi connectivity index (χ1) is 7.56. The van der Waals surface area contributed by atoms with Crippen LogP contribution < -0.4 is 0 Å². The van der Waals surface area contributed by atoms with Crippen LogP contribution in [0.4, 0.5) is 0 Å². The summed E-state index contributed by atoms with van der Waals surface area (Å²) in [7, 11) is 0. The number of morpholine rings is 1. The number of carbonyl (C=O) groups excluding carboxylic acids is 1. The number of carbonyl (C=O) groups is 2. The normalized spacial score (nSPS) is 22.9.